The fourth-order valence-corrected chi connectivity index (χ4v) is 4.06. The van der Waals surface area contributed by atoms with Gasteiger partial charge in [-0.3, -0.25) is 4.90 Å². The van der Waals surface area contributed by atoms with Crippen molar-refractivity contribution >= 4 is 0 Å². The summed E-state index contributed by atoms with van der Waals surface area (Å²) in [5.74, 6) is 2.23. The molecule has 31 heavy (non-hydrogen) atoms. The molecule has 0 radical (unpaired) electrons. The van der Waals surface area contributed by atoms with Crippen LogP contribution < -0.4 is 14.2 Å². The molecule has 1 atom stereocenters. The Kier molecular flexibility index (Phi) is 9.00. The van der Waals surface area contributed by atoms with E-state index in [4.69, 9.17) is 14.2 Å². The lowest BCUT2D eigenvalue weighted by Gasteiger charge is -2.28. The van der Waals surface area contributed by atoms with E-state index in [0.717, 1.165) is 37.5 Å². The van der Waals surface area contributed by atoms with Crippen LogP contribution in [0.25, 0.3) is 0 Å². The normalized spacial score (nSPS) is 15.6. The molecule has 2 aromatic rings. The minimum absolute atomic E-state index is 0.260. The molecule has 1 heterocycles. The van der Waals surface area contributed by atoms with Crippen LogP contribution in [0.2, 0.25) is 0 Å². The summed E-state index contributed by atoms with van der Waals surface area (Å²) < 4.78 is 16.7. The summed E-state index contributed by atoms with van der Waals surface area (Å²) >= 11 is 0. The summed E-state index contributed by atoms with van der Waals surface area (Å²) in [5.41, 5.74) is 2.33. The van der Waals surface area contributed by atoms with Crippen LogP contribution in [0, 0.1) is 0 Å². The van der Waals surface area contributed by atoms with Crippen molar-refractivity contribution in [3.05, 3.63) is 53.6 Å². The Labute approximate surface area is 186 Å². The number of nitrogens with zero attached hydrogens (tertiary/aromatic N) is 2. The van der Waals surface area contributed by atoms with E-state index in [0.29, 0.717) is 18.0 Å². The Bertz CT molecular complexity index is 808. The Balaban J connectivity index is 1.56. The van der Waals surface area contributed by atoms with Crippen molar-refractivity contribution in [1.29, 1.82) is 0 Å². The van der Waals surface area contributed by atoms with Crippen molar-refractivity contribution < 1.29 is 19.3 Å². The zero-order valence-corrected chi connectivity index (χ0v) is 19.0. The summed E-state index contributed by atoms with van der Waals surface area (Å²) in [6.07, 6.45) is 3.21. The molecule has 0 aliphatic carbocycles. The van der Waals surface area contributed by atoms with Gasteiger partial charge in [0.2, 0.25) is 0 Å². The molecule has 0 unspecified atom stereocenters. The number of methoxy groups -OCH3 is 2. The maximum absolute atomic E-state index is 10.4. The Morgan fingerprint density at radius 3 is 2.39 bits per heavy atom. The zero-order valence-electron chi connectivity index (χ0n) is 19.0. The van der Waals surface area contributed by atoms with Crippen molar-refractivity contribution in [2.45, 2.75) is 38.5 Å². The first-order valence-corrected chi connectivity index (χ1v) is 11.1. The highest BCUT2D eigenvalue weighted by Crippen LogP contribution is 2.29. The molecule has 0 saturated carbocycles. The maximum atomic E-state index is 10.4. The SMILES string of the molecule is COc1cccc(CN(C)Cc2ccc(OC)c(OC[C@@H](O)CN3CCCCC3)c2)c1. The van der Waals surface area contributed by atoms with E-state index in [1.54, 1.807) is 14.2 Å². The van der Waals surface area contributed by atoms with Crippen LogP contribution in [0.1, 0.15) is 30.4 Å². The predicted octanol–water partition coefficient (Wildman–Crippen LogP) is 3.56. The number of β-amino-alcohol motifs (C(OH)–C–C–N with tert-alkyl or cyclic N) is 1. The van der Waals surface area contributed by atoms with Gasteiger partial charge >= 0.3 is 0 Å². The van der Waals surface area contributed by atoms with E-state index in [-0.39, 0.29) is 6.61 Å². The first kappa shape index (κ1) is 23.4. The van der Waals surface area contributed by atoms with Gasteiger partial charge in [0.25, 0.3) is 0 Å². The average molecular weight is 429 g/mol. The number of hydrogen-bond acceptors (Lipinski definition) is 6. The number of hydrogen-bond donors (Lipinski definition) is 1. The van der Waals surface area contributed by atoms with Gasteiger partial charge < -0.3 is 24.2 Å². The van der Waals surface area contributed by atoms with E-state index < -0.39 is 6.10 Å². The number of aliphatic hydroxyl groups is 1. The quantitative estimate of drug-likeness (QED) is 0.591. The molecule has 170 valence electrons. The van der Waals surface area contributed by atoms with Gasteiger partial charge in [0.1, 0.15) is 18.5 Å². The fourth-order valence-electron chi connectivity index (χ4n) is 4.06. The third kappa shape index (κ3) is 7.42. The number of rotatable bonds is 11. The molecule has 1 N–H and O–H groups in total. The topological polar surface area (TPSA) is 54.4 Å². The van der Waals surface area contributed by atoms with Crippen LogP contribution in [0.3, 0.4) is 0 Å². The minimum atomic E-state index is -0.512. The summed E-state index contributed by atoms with van der Waals surface area (Å²) in [6.45, 7) is 4.63. The summed E-state index contributed by atoms with van der Waals surface area (Å²) in [5, 5.41) is 10.4. The van der Waals surface area contributed by atoms with Crippen LogP contribution in [-0.2, 0) is 13.1 Å². The van der Waals surface area contributed by atoms with Crippen molar-refractivity contribution in [2.24, 2.45) is 0 Å². The van der Waals surface area contributed by atoms with Gasteiger partial charge in [-0.05, 0) is 68.4 Å². The van der Waals surface area contributed by atoms with Crippen LogP contribution in [0.15, 0.2) is 42.5 Å². The molecule has 0 spiro atoms. The fraction of sp³-hybridized carbons (Fsp3) is 0.520. The lowest BCUT2D eigenvalue weighted by atomic mass is 10.1. The van der Waals surface area contributed by atoms with Gasteiger partial charge in [0.05, 0.1) is 14.2 Å². The third-order valence-electron chi connectivity index (χ3n) is 5.62. The van der Waals surface area contributed by atoms with E-state index in [1.807, 2.05) is 24.3 Å². The number of ether oxygens (including phenoxy) is 3. The van der Waals surface area contributed by atoms with Crippen molar-refractivity contribution in [2.75, 3.05) is 47.5 Å². The molecule has 6 heteroatoms. The highest BCUT2D eigenvalue weighted by Gasteiger charge is 2.16. The van der Waals surface area contributed by atoms with Gasteiger partial charge in [0, 0.05) is 19.6 Å². The molecule has 1 saturated heterocycles. The molecular weight excluding hydrogens is 392 g/mol. The second-order valence-corrected chi connectivity index (χ2v) is 8.34. The summed E-state index contributed by atoms with van der Waals surface area (Å²) in [7, 11) is 5.42. The van der Waals surface area contributed by atoms with E-state index in [1.165, 1.54) is 24.8 Å². The lowest BCUT2D eigenvalue weighted by molar-refractivity contribution is 0.0608. The Morgan fingerprint density at radius 2 is 1.68 bits per heavy atom. The van der Waals surface area contributed by atoms with Gasteiger partial charge in [-0.1, -0.05) is 24.6 Å². The largest absolute Gasteiger partial charge is 0.497 e. The minimum Gasteiger partial charge on any atom is -0.497 e. The zero-order chi connectivity index (χ0) is 22.1. The number of likely N-dealkylation sites (tertiary alicyclic amines) is 1. The van der Waals surface area contributed by atoms with Crippen LogP contribution in [-0.4, -0.2) is 68.5 Å². The molecule has 6 nitrogen and oxygen atoms in total. The molecule has 2 aromatic carbocycles. The van der Waals surface area contributed by atoms with Crippen molar-refractivity contribution in [3.63, 3.8) is 0 Å². The van der Waals surface area contributed by atoms with Crippen molar-refractivity contribution in [3.8, 4) is 17.2 Å². The summed E-state index contributed by atoms with van der Waals surface area (Å²) in [6, 6.07) is 14.1. The number of aliphatic hydroxyl groups excluding tert-OH is 1. The van der Waals surface area contributed by atoms with Crippen molar-refractivity contribution in [1.82, 2.24) is 9.80 Å². The van der Waals surface area contributed by atoms with E-state index in [2.05, 4.69) is 35.0 Å². The van der Waals surface area contributed by atoms with Crippen LogP contribution in [0.5, 0.6) is 17.2 Å². The Morgan fingerprint density at radius 1 is 0.935 bits per heavy atom. The smallest absolute Gasteiger partial charge is 0.161 e. The lowest BCUT2D eigenvalue weighted by Crippen LogP contribution is -2.38. The molecule has 0 amide bonds. The van der Waals surface area contributed by atoms with Crippen LogP contribution in [0.4, 0.5) is 0 Å². The first-order chi connectivity index (χ1) is 15.1. The van der Waals surface area contributed by atoms with Gasteiger partial charge in [-0.15, -0.1) is 0 Å². The first-order valence-electron chi connectivity index (χ1n) is 11.1. The highest BCUT2D eigenvalue weighted by atomic mass is 16.5. The van der Waals surface area contributed by atoms with Gasteiger partial charge in [0.15, 0.2) is 11.5 Å². The Hall–Kier alpha value is -2.28. The molecule has 0 bridgehead atoms. The monoisotopic (exact) mass is 428 g/mol. The molecule has 1 fully saturated rings. The second-order valence-electron chi connectivity index (χ2n) is 8.34. The van der Waals surface area contributed by atoms with E-state index >= 15 is 0 Å². The number of piperidine rings is 1. The number of benzene rings is 2. The molecule has 3 rings (SSSR count). The summed E-state index contributed by atoms with van der Waals surface area (Å²) in [4.78, 5) is 4.56. The van der Waals surface area contributed by atoms with Crippen LogP contribution >= 0.6 is 0 Å². The van der Waals surface area contributed by atoms with E-state index in [9.17, 15) is 5.11 Å². The molecule has 1 aliphatic rings. The molecular formula is C25H36N2O4. The predicted molar refractivity (Wildman–Crippen MR) is 123 cm³/mol. The third-order valence-corrected chi connectivity index (χ3v) is 5.62. The van der Waals surface area contributed by atoms with Gasteiger partial charge in [-0.25, -0.2) is 0 Å². The van der Waals surface area contributed by atoms with Gasteiger partial charge in [-0.2, -0.15) is 0 Å². The second kappa shape index (κ2) is 11.9. The highest BCUT2D eigenvalue weighted by molar-refractivity contribution is 5.43. The maximum Gasteiger partial charge on any atom is 0.161 e. The standard InChI is InChI=1S/C25H36N2O4/c1-26(16-20-8-7-9-23(14-20)29-2)17-21-10-11-24(30-3)25(15-21)31-19-22(28)18-27-12-5-4-6-13-27/h7-11,14-15,22,28H,4-6,12-13,16-19H2,1-3H3/t22-/m0/s1. The average Bonchev–Trinajstić information content (AvgIpc) is 2.78. The molecule has 0 aromatic heterocycles. The molecule has 1 aliphatic heterocycles.